The van der Waals surface area contributed by atoms with Crippen LogP contribution >= 0.6 is 11.8 Å². The zero-order chi connectivity index (χ0) is 10.3. The van der Waals surface area contributed by atoms with Crippen LogP contribution in [0.3, 0.4) is 0 Å². The average Bonchev–Trinajstić information content (AvgIpc) is 2.10. The van der Waals surface area contributed by atoms with Gasteiger partial charge in [0.25, 0.3) is 0 Å². The Morgan fingerprint density at radius 1 is 1.62 bits per heavy atom. The number of carboxylic acid groups (broad SMARTS) is 1. The normalized spacial score (nSPS) is 13.2. The molecule has 0 spiro atoms. The molecule has 0 aromatic carbocycles. The second kappa shape index (κ2) is 7.21. The van der Waals surface area contributed by atoms with E-state index in [0.717, 1.165) is 24.5 Å². The number of rotatable bonds is 7. The van der Waals surface area contributed by atoms with Crippen LogP contribution in [0.4, 0.5) is 0 Å². The highest BCUT2D eigenvalue weighted by Crippen LogP contribution is 2.03. The zero-order valence-corrected chi connectivity index (χ0v) is 9.43. The highest BCUT2D eigenvalue weighted by Gasteiger charge is 2.15. The molecule has 13 heavy (non-hydrogen) atoms. The van der Waals surface area contributed by atoms with Crippen molar-refractivity contribution in [2.75, 3.05) is 25.1 Å². The van der Waals surface area contributed by atoms with Gasteiger partial charge in [-0.2, -0.15) is 11.8 Å². The molecule has 0 fully saturated rings. The van der Waals surface area contributed by atoms with Crippen molar-refractivity contribution in [3.05, 3.63) is 0 Å². The quantitative estimate of drug-likeness (QED) is 0.640. The molecular weight excluding hydrogens is 186 g/mol. The van der Waals surface area contributed by atoms with Crippen LogP contribution in [0.15, 0.2) is 0 Å². The number of aliphatic carboxylic acids is 1. The summed E-state index contributed by atoms with van der Waals surface area (Å²) in [6, 6.07) is -0.369. The smallest absolute Gasteiger partial charge is 0.320 e. The average molecular weight is 205 g/mol. The van der Waals surface area contributed by atoms with E-state index in [1.165, 1.54) is 0 Å². The van der Waals surface area contributed by atoms with Gasteiger partial charge in [0, 0.05) is 0 Å². The van der Waals surface area contributed by atoms with Crippen LogP contribution in [0.2, 0.25) is 0 Å². The lowest BCUT2D eigenvalue weighted by atomic mass is 10.3. The molecule has 0 aliphatic carbocycles. The molecule has 0 rings (SSSR count). The third-order valence-corrected chi connectivity index (χ3v) is 3.01. The molecule has 0 amide bonds. The van der Waals surface area contributed by atoms with Crippen molar-refractivity contribution in [1.82, 2.24) is 4.90 Å². The number of carbonyl (C=O) groups is 1. The molecule has 1 unspecified atom stereocenters. The van der Waals surface area contributed by atoms with Crippen LogP contribution in [-0.2, 0) is 4.79 Å². The van der Waals surface area contributed by atoms with Crippen LogP contribution < -0.4 is 0 Å². The van der Waals surface area contributed by atoms with E-state index in [-0.39, 0.29) is 6.04 Å². The van der Waals surface area contributed by atoms with Gasteiger partial charge in [0.05, 0.1) is 0 Å². The van der Waals surface area contributed by atoms with E-state index >= 15 is 0 Å². The minimum atomic E-state index is -0.745. The topological polar surface area (TPSA) is 40.5 Å². The predicted molar refractivity (Wildman–Crippen MR) is 57.3 cm³/mol. The van der Waals surface area contributed by atoms with E-state index in [0.29, 0.717) is 0 Å². The fraction of sp³-hybridized carbons (Fsp3) is 0.889. The van der Waals surface area contributed by atoms with Crippen molar-refractivity contribution in [2.24, 2.45) is 0 Å². The Morgan fingerprint density at radius 2 is 2.23 bits per heavy atom. The van der Waals surface area contributed by atoms with Gasteiger partial charge >= 0.3 is 5.97 Å². The fourth-order valence-corrected chi connectivity index (χ4v) is 1.56. The summed E-state index contributed by atoms with van der Waals surface area (Å²) in [6.07, 6.45) is 1.06. The lowest BCUT2D eigenvalue weighted by molar-refractivity contribution is -0.142. The Balaban J connectivity index is 3.50. The number of carboxylic acids is 1. The van der Waals surface area contributed by atoms with Crippen molar-refractivity contribution in [3.63, 3.8) is 0 Å². The van der Waals surface area contributed by atoms with Gasteiger partial charge in [0.1, 0.15) is 6.04 Å². The number of hydrogen-bond donors (Lipinski definition) is 1. The first-order valence-electron chi connectivity index (χ1n) is 4.60. The molecule has 0 aliphatic heterocycles. The van der Waals surface area contributed by atoms with E-state index in [1.807, 2.05) is 23.7 Å². The third kappa shape index (κ3) is 5.93. The van der Waals surface area contributed by atoms with E-state index in [2.05, 4.69) is 6.92 Å². The molecule has 1 atom stereocenters. The second-order valence-corrected chi connectivity index (χ2v) is 4.44. The van der Waals surface area contributed by atoms with E-state index in [1.54, 1.807) is 6.92 Å². The molecule has 4 heteroatoms. The number of hydrogen-bond acceptors (Lipinski definition) is 3. The van der Waals surface area contributed by atoms with Gasteiger partial charge in [-0.05, 0) is 38.4 Å². The Labute approximate surface area is 84.5 Å². The van der Waals surface area contributed by atoms with Crippen LogP contribution in [0.5, 0.6) is 0 Å². The monoisotopic (exact) mass is 205 g/mol. The van der Waals surface area contributed by atoms with Crippen molar-refractivity contribution in [3.8, 4) is 0 Å². The summed E-state index contributed by atoms with van der Waals surface area (Å²) in [5.74, 6) is 1.51. The van der Waals surface area contributed by atoms with Gasteiger partial charge in [0.15, 0.2) is 0 Å². The second-order valence-electron chi connectivity index (χ2n) is 3.05. The minimum absolute atomic E-state index is 0.369. The van der Waals surface area contributed by atoms with Crippen LogP contribution in [0.1, 0.15) is 20.3 Å². The maximum Gasteiger partial charge on any atom is 0.320 e. The Bertz CT molecular complexity index is 153. The van der Waals surface area contributed by atoms with Gasteiger partial charge in [-0.15, -0.1) is 0 Å². The standard InChI is InChI=1S/C9H19NO2S/c1-4-13-7-5-6-10(3)8(2)9(11)12/h8H,4-7H2,1-3H3,(H,11,12). The summed E-state index contributed by atoms with van der Waals surface area (Å²) in [5.41, 5.74) is 0. The summed E-state index contributed by atoms with van der Waals surface area (Å²) in [7, 11) is 1.86. The van der Waals surface area contributed by atoms with Crippen molar-refractivity contribution < 1.29 is 9.90 Å². The fourth-order valence-electron chi connectivity index (χ4n) is 0.943. The molecule has 78 valence electrons. The Kier molecular flexibility index (Phi) is 7.09. The molecule has 0 bridgehead atoms. The first kappa shape index (κ1) is 12.8. The molecule has 0 aromatic heterocycles. The maximum atomic E-state index is 10.6. The molecule has 0 aromatic rings. The third-order valence-electron chi connectivity index (χ3n) is 2.02. The first-order valence-corrected chi connectivity index (χ1v) is 5.75. The molecule has 1 N–H and O–H groups in total. The Morgan fingerprint density at radius 3 is 2.69 bits per heavy atom. The highest BCUT2D eigenvalue weighted by atomic mass is 32.2. The van der Waals surface area contributed by atoms with E-state index < -0.39 is 5.97 Å². The van der Waals surface area contributed by atoms with Crippen molar-refractivity contribution in [1.29, 1.82) is 0 Å². The highest BCUT2D eigenvalue weighted by molar-refractivity contribution is 7.99. The molecular formula is C9H19NO2S. The van der Waals surface area contributed by atoms with E-state index in [4.69, 9.17) is 5.11 Å². The molecule has 0 radical (unpaired) electrons. The van der Waals surface area contributed by atoms with Gasteiger partial charge in [-0.1, -0.05) is 6.92 Å². The SMILES string of the molecule is CCSCCCN(C)C(C)C(=O)O. The molecule has 0 saturated heterocycles. The van der Waals surface area contributed by atoms with Crippen molar-refractivity contribution in [2.45, 2.75) is 26.3 Å². The zero-order valence-electron chi connectivity index (χ0n) is 8.62. The lowest BCUT2D eigenvalue weighted by Gasteiger charge is -2.20. The largest absolute Gasteiger partial charge is 0.480 e. The summed E-state index contributed by atoms with van der Waals surface area (Å²) < 4.78 is 0. The van der Waals surface area contributed by atoms with E-state index in [9.17, 15) is 4.79 Å². The molecule has 3 nitrogen and oxygen atoms in total. The lowest BCUT2D eigenvalue weighted by Crippen LogP contribution is -2.36. The maximum absolute atomic E-state index is 10.6. The Hall–Kier alpha value is -0.220. The van der Waals surface area contributed by atoms with Crippen LogP contribution in [0, 0.1) is 0 Å². The minimum Gasteiger partial charge on any atom is -0.480 e. The number of nitrogens with zero attached hydrogens (tertiary/aromatic N) is 1. The summed E-state index contributed by atoms with van der Waals surface area (Å²) in [5, 5.41) is 8.71. The predicted octanol–water partition coefficient (Wildman–Crippen LogP) is 1.53. The van der Waals surface area contributed by atoms with Gasteiger partial charge < -0.3 is 5.11 Å². The molecule has 0 aliphatic rings. The summed E-state index contributed by atoms with van der Waals surface area (Å²) >= 11 is 1.90. The summed E-state index contributed by atoms with van der Waals surface area (Å²) in [4.78, 5) is 12.5. The van der Waals surface area contributed by atoms with Crippen LogP contribution in [0.25, 0.3) is 0 Å². The first-order chi connectivity index (χ1) is 6.09. The molecule has 0 saturated carbocycles. The number of likely N-dealkylation sites (N-methyl/N-ethyl adjacent to an activating group) is 1. The van der Waals surface area contributed by atoms with Crippen molar-refractivity contribution >= 4 is 17.7 Å². The number of thioether (sulfide) groups is 1. The van der Waals surface area contributed by atoms with Gasteiger partial charge in [0.2, 0.25) is 0 Å². The summed E-state index contributed by atoms with van der Waals surface area (Å²) in [6.45, 7) is 4.71. The van der Waals surface area contributed by atoms with Crippen LogP contribution in [-0.4, -0.2) is 47.1 Å². The molecule has 0 heterocycles. The van der Waals surface area contributed by atoms with Gasteiger partial charge in [-0.25, -0.2) is 0 Å². The van der Waals surface area contributed by atoms with Gasteiger partial charge in [-0.3, -0.25) is 9.69 Å².